The van der Waals surface area contributed by atoms with Gasteiger partial charge in [0.25, 0.3) is 0 Å². The van der Waals surface area contributed by atoms with Gasteiger partial charge in [-0.2, -0.15) is 4.98 Å². The number of nitrogens with zero attached hydrogens (tertiary/aromatic N) is 6. The molecule has 172 valence electrons. The molecule has 6 rings (SSSR count). The number of rotatable bonds is 4. The maximum absolute atomic E-state index is 11.1. The predicted molar refractivity (Wildman–Crippen MR) is 123 cm³/mol. The Labute approximate surface area is 193 Å². The predicted octanol–water partition coefficient (Wildman–Crippen LogP) is 3.41. The molecular weight excluding hydrogens is 442 g/mol. The van der Waals surface area contributed by atoms with E-state index in [9.17, 15) is 8.76 Å². The number of anilines is 3. The molecule has 0 amide bonds. The Kier molecular flexibility index (Phi) is 4.84. The summed E-state index contributed by atoms with van der Waals surface area (Å²) in [7, 11) is 1.71. The molecular formula is C22H24N7O3S-. The summed E-state index contributed by atoms with van der Waals surface area (Å²) in [5, 5.41) is 11.2. The van der Waals surface area contributed by atoms with Gasteiger partial charge in [-0.1, -0.05) is 19.3 Å². The van der Waals surface area contributed by atoms with Crippen molar-refractivity contribution in [3.8, 4) is 0 Å². The lowest BCUT2D eigenvalue weighted by molar-refractivity contribution is 0.220. The molecule has 0 radical (unpaired) electrons. The molecule has 1 atom stereocenters. The Balaban J connectivity index is 1.45. The van der Waals surface area contributed by atoms with E-state index in [-0.39, 0.29) is 10.6 Å². The third-order valence-electron chi connectivity index (χ3n) is 6.71. The maximum atomic E-state index is 11.1. The van der Waals surface area contributed by atoms with Crippen molar-refractivity contribution < 1.29 is 13.5 Å². The van der Waals surface area contributed by atoms with E-state index in [2.05, 4.69) is 30.9 Å². The van der Waals surface area contributed by atoms with E-state index < -0.39 is 11.1 Å². The van der Waals surface area contributed by atoms with E-state index in [1.165, 1.54) is 18.7 Å². The number of hydrogen-bond acceptors (Lipinski definition) is 9. The highest BCUT2D eigenvalue weighted by Gasteiger charge is 2.48. The molecule has 1 spiro atoms. The van der Waals surface area contributed by atoms with Gasteiger partial charge in [0, 0.05) is 11.6 Å². The first-order valence-corrected chi connectivity index (χ1v) is 12.3. The number of hydrogen-bond donors (Lipinski definition) is 1. The minimum atomic E-state index is -2.36. The first-order valence-electron chi connectivity index (χ1n) is 11.2. The average molecular weight is 467 g/mol. The zero-order valence-corrected chi connectivity index (χ0v) is 19.0. The van der Waals surface area contributed by atoms with Crippen LogP contribution in [0, 0.1) is 0 Å². The number of pyridine rings is 1. The summed E-state index contributed by atoms with van der Waals surface area (Å²) in [4.78, 5) is 13.3. The van der Waals surface area contributed by atoms with Crippen LogP contribution < -0.4 is 10.3 Å². The number of nitrogens with one attached hydrogen (secondary N) is 1. The molecule has 0 saturated heterocycles. The Morgan fingerprint density at radius 1 is 1.18 bits per heavy atom. The highest BCUT2D eigenvalue weighted by molar-refractivity contribution is 7.79. The van der Waals surface area contributed by atoms with Gasteiger partial charge < -0.3 is 14.6 Å². The number of hydrazone groups is 1. The fourth-order valence-corrected chi connectivity index (χ4v) is 5.36. The number of aromatic nitrogens is 4. The highest BCUT2D eigenvalue weighted by atomic mass is 32.2. The van der Waals surface area contributed by atoms with Crippen molar-refractivity contribution >= 4 is 45.5 Å². The Bertz CT molecular complexity index is 1260. The molecule has 10 nitrogen and oxygen atoms in total. The van der Waals surface area contributed by atoms with Crippen LogP contribution >= 0.6 is 0 Å². The largest absolute Gasteiger partial charge is 0.767 e. The molecule has 1 N–H and O–H groups in total. The fourth-order valence-electron chi connectivity index (χ4n) is 5.04. The summed E-state index contributed by atoms with van der Waals surface area (Å²) in [5.41, 5.74) is 1.10. The molecule has 1 aliphatic heterocycles. The molecule has 3 aromatic heterocycles. The first kappa shape index (κ1) is 20.5. The maximum Gasteiger partial charge on any atom is 0.232 e. The molecule has 3 aromatic rings. The minimum absolute atomic E-state index is 0.0108. The summed E-state index contributed by atoms with van der Waals surface area (Å²) in [6, 6.07) is 5.60. The second kappa shape index (κ2) is 7.77. The number of methoxy groups -OCH3 is 1. The zero-order chi connectivity index (χ0) is 22.6. The Hall–Kier alpha value is -3.05. The van der Waals surface area contributed by atoms with Crippen molar-refractivity contribution in [1.29, 1.82) is 0 Å². The van der Waals surface area contributed by atoms with Gasteiger partial charge in [-0.25, -0.2) is 15.0 Å². The molecule has 0 aromatic carbocycles. The second-order valence-corrected chi connectivity index (χ2v) is 9.72. The fraction of sp³-hybridized carbons (Fsp3) is 0.455. The van der Waals surface area contributed by atoms with Crippen molar-refractivity contribution in [2.24, 2.45) is 5.10 Å². The van der Waals surface area contributed by atoms with E-state index in [4.69, 9.17) is 14.8 Å². The summed E-state index contributed by atoms with van der Waals surface area (Å²) < 4.78 is 30.3. The van der Waals surface area contributed by atoms with Gasteiger partial charge in [-0.05, 0) is 55.0 Å². The van der Waals surface area contributed by atoms with Crippen molar-refractivity contribution in [3.05, 3.63) is 30.6 Å². The molecule has 0 bridgehead atoms. The van der Waals surface area contributed by atoms with Crippen LogP contribution in [0.15, 0.2) is 40.7 Å². The number of fused-ring (bicyclic) bond motifs is 4. The van der Waals surface area contributed by atoms with Crippen LogP contribution in [0.4, 0.5) is 17.5 Å². The first-order chi connectivity index (χ1) is 16.1. The minimum Gasteiger partial charge on any atom is -0.767 e. The van der Waals surface area contributed by atoms with Gasteiger partial charge in [0.05, 0.1) is 25.0 Å². The van der Waals surface area contributed by atoms with E-state index in [1.54, 1.807) is 13.2 Å². The molecule has 1 unspecified atom stereocenters. The van der Waals surface area contributed by atoms with Gasteiger partial charge in [0.2, 0.25) is 11.8 Å². The van der Waals surface area contributed by atoms with Crippen LogP contribution in [0.1, 0.15) is 44.9 Å². The summed E-state index contributed by atoms with van der Waals surface area (Å²) in [6.07, 6.45) is 10.9. The van der Waals surface area contributed by atoms with Crippen LogP contribution in [0.25, 0.3) is 11.0 Å². The third-order valence-corrected chi connectivity index (χ3v) is 7.29. The lowest BCUT2D eigenvalue weighted by Gasteiger charge is -2.44. The highest BCUT2D eigenvalue weighted by Crippen LogP contribution is 2.47. The third kappa shape index (κ3) is 3.37. The van der Waals surface area contributed by atoms with Gasteiger partial charge in [-0.3, -0.25) is 8.78 Å². The van der Waals surface area contributed by atoms with Crippen molar-refractivity contribution in [2.45, 2.75) is 61.6 Å². The zero-order valence-electron chi connectivity index (χ0n) is 18.2. The average Bonchev–Trinajstić information content (AvgIpc) is 3.60. The van der Waals surface area contributed by atoms with Gasteiger partial charge in [0.15, 0.2) is 0 Å². The second-order valence-electron chi connectivity index (χ2n) is 8.83. The number of ether oxygens (including phenoxy) is 1. The van der Waals surface area contributed by atoms with E-state index >= 15 is 0 Å². The van der Waals surface area contributed by atoms with Crippen LogP contribution in [0.2, 0.25) is 0 Å². The van der Waals surface area contributed by atoms with Gasteiger partial charge in [0.1, 0.15) is 22.0 Å². The molecule has 4 heterocycles. The van der Waals surface area contributed by atoms with Crippen LogP contribution in [-0.2, 0) is 21.4 Å². The summed E-state index contributed by atoms with van der Waals surface area (Å²) >= 11 is -2.36. The van der Waals surface area contributed by atoms with Gasteiger partial charge >= 0.3 is 0 Å². The molecule has 11 heteroatoms. The summed E-state index contributed by atoms with van der Waals surface area (Å²) in [5.74, 6) is 2.23. The van der Waals surface area contributed by atoms with Crippen LogP contribution in [-0.4, -0.2) is 47.3 Å². The lowest BCUT2D eigenvalue weighted by atomic mass is 9.80. The molecule has 2 aliphatic carbocycles. The quantitative estimate of drug-likeness (QED) is 0.581. The lowest BCUT2D eigenvalue weighted by Crippen LogP contribution is -2.50. The monoisotopic (exact) mass is 466 g/mol. The summed E-state index contributed by atoms with van der Waals surface area (Å²) in [6.45, 7) is 0. The Morgan fingerprint density at radius 2 is 2.00 bits per heavy atom. The standard InChI is InChI=1S/C22H25N7O3S/c1-32-20-22(9-3-2-4-10-22)28-18(29(27-20)16-6-7-16)11-14-12-24-21(26-19(14)28)25-15-5-8-17(23-13-15)33(30)31/h5,8,11-13,16H,2-4,6-7,9-10H2,1H3,(H,30,31)(H,24,25,26)/p-1. The van der Waals surface area contributed by atoms with Crippen molar-refractivity contribution in [2.75, 3.05) is 17.4 Å². The van der Waals surface area contributed by atoms with Crippen LogP contribution in [0.5, 0.6) is 0 Å². The smallest absolute Gasteiger partial charge is 0.232 e. The van der Waals surface area contributed by atoms with Crippen LogP contribution in [0.3, 0.4) is 0 Å². The molecule has 3 aliphatic rings. The van der Waals surface area contributed by atoms with E-state index in [1.807, 2.05) is 6.20 Å². The van der Waals surface area contributed by atoms with Crippen molar-refractivity contribution in [1.82, 2.24) is 19.5 Å². The molecule has 2 fully saturated rings. The van der Waals surface area contributed by atoms with Gasteiger partial charge in [-0.15, -0.1) is 5.10 Å². The normalized spacial score (nSPS) is 20.4. The Morgan fingerprint density at radius 3 is 2.67 bits per heavy atom. The topological polar surface area (TPSA) is 121 Å². The molecule has 2 saturated carbocycles. The van der Waals surface area contributed by atoms with E-state index in [0.717, 1.165) is 61.3 Å². The van der Waals surface area contributed by atoms with Crippen molar-refractivity contribution in [3.63, 3.8) is 0 Å². The van der Waals surface area contributed by atoms with E-state index in [0.29, 0.717) is 17.7 Å². The molecule has 33 heavy (non-hydrogen) atoms. The SMILES string of the molecule is COC1=NN(C2CC2)c2cc3cnc(Nc4ccc(S(=O)[O-])nc4)nc3n2C12CCCCC2.